The van der Waals surface area contributed by atoms with Gasteiger partial charge in [0.2, 0.25) is 0 Å². The molecular formula is C17H19F2N3O3S. The zero-order valence-corrected chi connectivity index (χ0v) is 14.9. The number of sulfonamides is 1. The number of hydrogen-bond acceptors (Lipinski definition) is 5. The Labute approximate surface area is 150 Å². The second-order valence-electron chi connectivity index (χ2n) is 6.13. The predicted molar refractivity (Wildman–Crippen MR) is 93.5 cm³/mol. The lowest BCUT2D eigenvalue weighted by Gasteiger charge is -2.14. The van der Waals surface area contributed by atoms with Gasteiger partial charge in [0.1, 0.15) is 10.7 Å². The summed E-state index contributed by atoms with van der Waals surface area (Å²) in [6.07, 6.45) is 4.24. The van der Waals surface area contributed by atoms with E-state index in [0.29, 0.717) is 5.82 Å². The fourth-order valence-corrected chi connectivity index (χ4v) is 3.89. The van der Waals surface area contributed by atoms with Crippen LogP contribution in [-0.4, -0.2) is 32.7 Å². The molecule has 0 amide bonds. The number of rotatable bonds is 6. The Balaban J connectivity index is 1.67. The molecule has 1 saturated carbocycles. The Morgan fingerprint density at radius 1 is 1.15 bits per heavy atom. The summed E-state index contributed by atoms with van der Waals surface area (Å²) in [5.74, 6) is -1.61. The summed E-state index contributed by atoms with van der Waals surface area (Å²) in [7, 11) is -2.26. The summed E-state index contributed by atoms with van der Waals surface area (Å²) in [6, 6.07) is 5.98. The summed E-state index contributed by atoms with van der Waals surface area (Å²) < 4.78 is 58.3. The normalized spacial score (nSPS) is 20.1. The van der Waals surface area contributed by atoms with Crippen LogP contribution in [0.15, 0.2) is 41.4 Å². The van der Waals surface area contributed by atoms with E-state index >= 15 is 0 Å². The molecule has 26 heavy (non-hydrogen) atoms. The number of ether oxygens (including phenoxy) is 1. The minimum Gasteiger partial charge on any atom is -0.381 e. The van der Waals surface area contributed by atoms with Crippen LogP contribution < -0.4 is 10.0 Å². The maximum Gasteiger partial charge on any atom is 0.263 e. The van der Waals surface area contributed by atoms with E-state index in [1.54, 1.807) is 13.2 Å². The van der Waals surface area contributed by atoms with Crippen LogP contribution in [0.5, 0.6) is 0 Å². The fraction of sp³-hybridized carbons (Fsp3) is 0.353. The molecule has 0 aliphatic heterocycles. The summed E-state index contributed by atoms with van der Waals surface area (Å²) in [5.41, 5.74) is -0.0670. The van der Waals surface area contributed by atoms with Gasteiger partial charge in [0.15, 0.2) is 11.6 Å². The molecule has 0 saturated heterocycles. The maximum atomic E-state index is 13.2. The molecule has 9 heteroatoms. The van der Waals surface area contributed by atoms with Crippen LogP contribution >= 0.6 is 0 Å². The van der Waals surface area contributed by atoms with Crippen LogP contribution in [0.2, 0.25) is 0 Å². The van der Waals surface area contributed by atoms with Gasteiger partial charge in [-0.05, 0) is 43.5 Å². The number of aromatic nitrogens is 1. The number of anilines is 2. The van der Waals surface area contributed by atoms with Crippen molar-refractivity contribution in [2.24, 2.45) is 0 Å². The second kappa shape index (κ2) is 7.55. The minimum atomic E-state index is -3.95. The van der Waals surface area contributed by atoms with Crippen molar-refractivity contribution in [1.82, 2.24) is 4.98 Å². The number of nitrogens with one attached hydrogen (secondary N) is 2. The average Bonchev–Trinajstić information content (AvgIpc) is 3.06. The molecule has 6 nitrogen and oxygen atoms in total. The van der Waals surface area contributed by atoms with Crippen LogP contribution in [0.1, 0.15) is 19.3 Å². The smallest absolute Gasteiger partial charge is 0.263 e. The Morgan fingerprint density at radius 3 is 2.58 bits per heavy atom. The molecular weight excluding hydrogens is 364 g/mol. The average molecular weight is 383 g/mol. The zero-order valence-electron chi connectivity index (χ0n) is 14.1. The molecule has 1 aliphatic carbocycles. The van der Waals surface area contributed by atoms with E-state index in [1.807, 2.05) is 0 Å². The van der Waals surface area contributed by atoms with Crippen molar-refractivity contribution in [3.8, 4) is 0 Å². The Hall–Kier alpha value is -2.26. The van der Waals surface area contributed by atoms with Gasteiger partial charge in [0, 0.05) is 25.4 Å². The van der Waals surface area contributed by atoms with Crippen LogP contribution in [0.3, 0.4) is 0 Å². The van der Waals surface area contributed by atoms with Gasteiger partial charge in [-0.2, -0.15) is 0 Å². The van der Waals surface area contributed by atoms with Crippen LogP contribution in [0.4, 0.5) is 20.3 Å². The van der Waals surface area contributed by atoms with Crippen molar-refractivity contribution in [2.75, 3.05) is 17.1 Å². The first kappa shape index (κ1) is 18.5. The molecule has 1 aromatic carbocycles. The number of methoxy groups -OCH3 is 1. The summed E-state index contributed by atoms with van der Waals surface area (Å²) >= 11 is 0. The van der Waals surface area contributed by atoms with E-state index in [0.717, 1.165) is 37.5 Å². The van der Waals surface area contributed by atoms with Gasteiger partial charge in [-0.25, -0.2) is 22.2 Å². The molecule has 0 bridgehead atoms. The third-order valence-corrected chi connectivity index (χ3v) is 5.65. The van der Waals surface area contributed by atoms with E-state index in [4.69, 9.17) is 4.74 Å². The summed E-state index contributed by atoms with van der Waals surface area (Å²) in [6.45, 7) is 0. The monoisotopic (exact) mass is 383 g/mol. The third-order valence-electron chi connectivity index (χ3n) is 4.29. The number of halogens is 2. The van der Waals surface area contributed by atoms with Crippen LogP contribution in [0, 0.1) is 11.6 Å². The van der Waals surface area contributed by atoms with Gasteiger partial charge >= 0.3 is 0 Å². The van der Waals surface area contributed by atoms with Gasteiger partial charge in [-0.1, -0.05) is 0 Å². The molecule has 2 aromatic rings. The van der Waals surface area contributed by atoms with Gasteiger partial charge in [0.05, 0.1) is 11.8 Å². The lowest BCUT2D eigenvalue weighted by molar-refractivity contribution is 0.108. The lowest BCUT2D eigenvalue weighted by Crippen LogP contribution is -2.18. The topological polar surface area (TPSA) is 80.3 Å². The van der Waals surface area contributed by atoms with Gasteiger partial charge in [-0.15, -0.1) is 0 Å². The number of hydrogen-bond donors (Lipinski definition) is 2. The molecule has 2 N–H and O–H groups in total. The molecule has 2 unspecified atom stereocenters. The Bertz CT molecular complexity index is 875. The number of nitrogens with zero attached hydrogens (tertiary/aromatic N) is 1. The lowest BCUT2D eigenvalue weighted by atomic mass is 10.2. The highest BCUT2D eigenvalue weighted by Gasteiger charge is 2.24. The molecule has 140 valence electrons. The quantitative estimate of drug-likeness (QED) is 0.801. The first-order valence-corrected chi connectivity index (χ1v) is 9.59. The van der Waals surface area contributed by atoms with E-state index in [1.165, 1.54) is 12.3 Å². The molecule has 0 radical (unpaired) electrons. The summed E-state index contributed by atoms with van der Waals surface area (Å²) in [4.78, 5) is 4.05. The Morgan fingerprint density at radius 2 is 1.96 bits per heavy atom. The molecule has 1 heterocycles. The molecule has 1 fully saturated rings. The number of benzene rings is 1. The van der Waals surface area contributed by atoms with Crippen molar-refractivity contribution in [2.45, 2.75) is 36.3 Å². The molecule has 1 aliphatic rings. The predicted octanol–water partition coefficient (Wildman–Crippen LogP) is 3.14. The van der Waals surface area contributed by atoms with E-state index in [-0.39, 0.29) is 22.7 Å². The van der Waals surface area contributed by atoms with Crippen molar-refractivity contribution in [3.63, 3.8) is 0 Å². The largest absolute Gasteiger partial charge is 0.381 e. The fourth-order valence-electron chi connectivity index (χ4n) is 2.89. The van der Waals surface area contributed by atoms with Crippen LogP contribution in [-0.2, 0) is 14.8 Å². The van der Waals surface area contributed by atoms with E-state index in [9.17, 15) is 17.2 Å². The summed E-state index contributed by atoms with van der Waals surface area (Å²) in [5, 5.41) is 3.25. The van der Waals surface area contributed by atoms with Gasteiger partial charge < -0.3 is 10.1 Å². The highest BCUT2D eigenvalue weighted by atomic mass is 32.2. The van der Waals surface area contributed by atoms with Crippen molar-refractivity contribution >= 4 is 21.5 Å². The van der Waals surface area contributed by atoms with Gasteiger partial charge in [0.25, 0.3) is 10.0 Å². The van der Waals surface area contributed by atoms with Crippen molar-refractivity contribution in [1.29, 1.82) is 0 Å². The molecule has 3 rings (SSSR count). The molecule has 1 aromatic heterocycles. The highest BCUT2D eigenvalue weighted by Crippen LogP contribution is 2.25. The molecule has 2 atom stereocenters. The van der Waals surface area contributed by atoms with E-state index < -0.39 is 21.7 Å². The zero-order chi connectivity index (χ0) is 18.7. The van der Waals surface area contributed by atoms with E-state index in [2.05, 4.69) is 15.0 Å². The van der Waals surface area contributed by atoms with Crippen molar-refractivity contribution < 1.29 is 21.9 Å². The van der Waals surface area contributed by atoms with Gasteiger partial charge in [-0.3, -0.25) is 4.72 Å². The molecule has 0 spiro atoms. The van der Waals surface area contributed by atoms with Crippen molar-refractivity contribution in [3.05, 3.63) is 48.2 Å². The highest BCUT2D eigenvalue weighted by molar-refractivity contribution is 7.92. The standard InChI is InChI=1S/C17H19F2N3O3S/c1-25-13-4-2-11(8-13)21-17-7-5-14(10-20-17)26(23,24)22-12-3-6-15(18)16(19)9-12/h3,5-7,9-11,13,22H,2,4,8H2,1H3,(H,20,21). The maximum absolute atomic E-state index is 13.2. The first-order valence-electron chi connectivity index (χ1n) is 8.10. The SMILES string of the molecule is COC1CCC(Nc2ccc(S(=O)(=O)Nc3ccc(F)c(F)c3)cn2)C1. The second-order valence-corrected chi connectivity index (χ2v) is 7.81. The minimum absolute atomic E-state index is 0.0670. The van der Waals surface area contributed by atoms with Crippen LogP contribution in [0.25, 0.3) is 0 Å². The Kier molecular flexibility index (Phi) is 5.38. The number of pyridine rings is 1. The first-order chi connectivity index (χ1) is 12.4. The third kappa shape index (κ3) is 4.28.